The molecule has 0 saturated carbocycles. The average molecular weight is 313 g/mol. The van der Waals surface area contributed by atoms with Gasteiger partial charge in [0.1, 0.15) is 17.7 Å². The van der Waals surface area contributed by atoms with Gasteiger partial charge in [0.2, 0.25) is 0 Å². The van der Waals surface area contributed by atoms with Crippen molar-refractivity contribution in [1.29, 1.82) is 0 Å². The van der Waals surface area contributed by atoms with Gasteiger partial charge in [0.15, 0.2) is 0 Å². The fourth-order valence-corrected chi connectivity index (χ4v) is 2.46. The molecule has 0 aliphatic heterocycles. The molecule has 23 heavy (non-hydrogen) atoms. The lowest BCUT2D eigenvalue weighted by Gasteiger charge is -2.19. The second-order valence-corrected chi connectivity index (χ2v) is 5.27. The maximum absolute atomic E-state index is 13.1. The van der Waals surface area contributed by atoms with Gasteiger partial charge in [-0.2, -0.15) is 0 Å². The Bertz CT molecular complexity index is 676. The molecule has 0 bridgehead atoms. The van der Waals surface area contributed by atoms with E-state index in [4.69, 9.17) is 4.74 Å². The number of aromatic nitrogens is 1. The summed E-state index contributed by atoms with van der Waals surface area (Å²) in [5.74, 6) is -0.585. The number of nitrogens with zero attached hydrogens (tertiary/aromatic N) is 1. The van der Waals surface area contributed by atoms with Crippen LogP contribution in [0.15, 0.2) is 73.1 Å². The molecule has 0 fully saturated rings. The van der Waals surface area contributed by atoms with Crippen LogP contribution in [0.25, 0.3) is 0 Å². The predicted molar refractivity (Wildman–Crippen MR) is 85.0 cm³/mol. The Hall–Kier alpha value is -2.46. The highest BCUT2D eigenvalue weighted by Gasteiger charge is 2.15. The molecule has 0 atom stereocenters. The molecule has 3 aromatic rings. The van der Waals surface area contributed by atoms with Crippen LogP contribution in [0.4, 0.5) is 8.78 Å². The van der Waals surface area contributed by atoms with E-state index in [1.165, 1.54) is 24.3 Å². The number of rotatable bonds is 6. The van der Waals surface area contributed by atoms with Crippen LogP contribution in [0.5, 0.6) is 0 Å². The van der Waals surface area contributed by atoms with E-state index in [0.717, 1.165) is 11.1 Å². The molecular formula is C19H17F2NO. The summed E-state index contributed by atoms with van der Waals surface area (Å²) < 4.78 is 34.3. The summed E-state index contributed by atoms with van der Waals surface area (Å²) in [6.07, 6.45) is 3.58. The molecule has 118 valence electrons. The summed E-state index contributed by atoms with van der Waals surface area (Å²) in [6.45, 7) is 1.21. The van der Waals surface area contributed by atoms with Crippen LogP contribution in [0, 0.1) is 11.6 Å². The van der Waals surface area contributed by atoms with Crippen molar-refractivity contribution >= 4 is 0 Å². The van der Waals surface area contributed by atoms with E-state index in [9.17, 15) is 8.78 Å². The maximum atomic E-state index is 13.1. The predicted octanol–water partition coefficient (Wildman–Crippen LogP) is 4.57. The maximum Gasteiger partial charge on any atom is 0.123 e. The molecule has 2 nitrogen and oxygen atoms in total. The van der Waals surface area contributed by atoms with Gasteiger partial charge in [0.05, 0.1) is 6.61 Å². The highest BCUT2D eigenvalue weighted by atomic mass is 19.1. The Morgan fingerprint density at radius 2 is 1.26 bits per heavy atom. The van der Waals surface area contributed by atoms with E-state index < -0.39 is 0 Å². The zero-order valence-electron chi connectivity index (χ0n) is 12.5. The molecule has 0 saturated heterocycles. The zero-order valence-corrected chi connectivity index (χ0v) is 12.5. The number of halogens is 2. The van der Waals surface area contributed by atoms with Crippen molar-refractivity contribution in [3.8, 4) is 0 Å². The quantitative estimate of drug-likeness (QED) is 0.650. The Labute approximate surface area is 134 Å². The van der Waals surface area contributed by atoms with E-state index in [1.807, 2.05) is 29.1 Å². The van der Waals surface area contributed by atoms with Gasteiger partial charge in [-0.05, 0) is 47.5 Å². The number of ether oxygens (including phenoxy) is 1. The third-order valence-electron chi connectivity index (χ3n) is 3.65. The van der Waals surface area contributed by atoms with Gasteiger partial charge in [-0.3, -0.25) is 0 Å². The fraction of sp³-hybridized carbons (Fsp3) is 0.158. The molecule has 1 aromatic heterocycles. The lowest BCUT2D eigenvalue weighted by Crippen LogP contribution is -2.11. The number of hydrogen-bond donors (Lipinski definition) is 0. The monoisotopic (exact) mass is 313 g/mol. The molecular weight excluding hydrogens is 296 g/mol. The van der Waals surface area contributed by atoms with Crippen LogP contribution in [0.1, 0.15) is 17.2 Å². The minimum Gasteiger partial charge on any atom is -0.367 e. The normalized spacial score (nSPS) is 11.1. The van der Waals surface area contributed by atoms with Crippen LogP contribution < -0.4 is 0 Å². The van der Waals surface area contributed by atoms with Crippen molar-refractivity contribution in [3.63, 3.8) is 0 Å². The minimum absolute atomic E-state index is 0.293. The van der Waals surface area contributed by atoms with Crippen molar-refractivity contribution < 1.29 is 13.5 Å². The fourth-order valence-electron chi connectivity index (χ4n) is 2.46. The van der Waals surface area contributed by atoms with Crippen molar-refractivity contribution in [2.75, 3.05) is 6.61 Å². The van der Waals surface area contributed by atoms with Crippen molar-refractivity contribution in [1.82, 2.24) is 4.57 Å². The summed E-state index contributed by atoms with van der Waals surface area (Å²) >= 11 is 0. The smallest absolute Gasteiger partial charge is 0.123 e. The molecule has 0 unspecified atom stereocenters. The van der Waals surface area contributed by atoms with Crippen LogP contribution in [-0.4, -0.2) is 11.2 Å². The molecule has 0 N–H and O–H groups in total. The first kappa shape index (κ1) is 15.4. The van der Waals surface area contributed by atoms with Crippen LogP contribution in [0.2, 0.25) is 0 Å². The second-order valence-electron chi connectivity index (χ2n) is 5.27. The minimum atomic E-state index is -0.355. The van der Waals surface area contributed by atoms with Crippen molar-refractivity contribution in [2.45, 2.75) is 12.6 Å². The van der Waals surface area contributed by atoms with Gasteiger partial charge in [-0.15, -0.1) is 0 Å². The summed E-state index contributed by atoms with van der Waals surface area (Å²) in [7, 11) is 0. The van der Waals surface area contributed by atoms with Crippen molar-refractivity contribution in [3.05, 3.63) is 95.8 Å². The Kier molecular flexibility index (Phi) is 4.83. The van der Waals surface area contributed by atoms with Gasteiger partial charge in [0.25, 0.3) is 0 Å². The third kappa shape index (κ3) is 4.05. The lowest BCUT2D eigenvalue weighted by molar-refractivity contribution is 0.0738. The third-order valence-corrected chi connectivity index (χ3v) is 3.65. The summed E-state index contributed by atoms with van der Waals surface area (Å²) in [4.78, 5) is 0. The SMILES string of the molecule is Fc1ccc(C(OCCn2cccc2)c2ccc(F)cc2)cc1. The van der Waals surface area contributed by atoms with E-state index in [0.29, 0.717) is 13.2 Å². The molecule has 0 radical (unpaired) electrons. The van der Waals surface area contributed by atoms with E-state index >= 15 is 0 Å². The van der Waals surface area contributed by atoms with Crippen LogP contribution >= 0.6 is 0 Å². The molecule has 0 aliphatic rings. The number of benzene rings is 2. The van der Waals surface area contributed by atoms with Gasteiger partial charge < -0.3 is 9.30 Å². The first-order valence-corrected chi connectivity index (χ1v) is 7.46. The summed E-state index contributed by atoms with van der Waals surface area (Å²) in [5, 5.41) is 0. The zero-order chi connectivity index (χ0) is 16.1. The highest BCUT2D eigenvalue weighted by molar-refractivity contribution is 5.30. The molecule has 1 heterocycles. The second kappa shape index (κ2) is 7.20. The first-order valence-electron chi connectivity index (χ1n) is 7.46. The summed E-state index contributed by atoms with van der Waals surface area (Å²) in [6, 6.07) is 16.3. The topological polar surface area (TPSA) is 14.2 Å². The van der Waals surface area contributed by atoms with Gasteiger partial charge in [-0.1, -0.05) is 24.3 Å². The van der Waals surface area contributed by atoms with E-state index in [-0.39, 0.29) is 17.7 Å². The molecule has 0 aliphatic carbocycles. The Balaban J connectivity index is 1.77. The van der Waals surface area contributed by atoms with E-state index in [2.05, 4.69) is 0 Å². The van der Waals surface area contributed by atoms with Gasteiger partial charge in [-0.25, -0.2) is 8.78 Å². The van der Waals surface area contributed by atoms with Crippen LogP contribution in [-0.2, 0) is 11.3 Å². The van der Waals surface area contributed by atoms with Crippen molar-refractivity contribution in [2.24, 2.45) is 0 Å². The molecule has 3 rings (SSSR count). The molecule has 0 amide bonds. The van der Waals surface area contributed by atoms with Gasteiger partial charge >= 0.3 is 0 Å². The highest BCUT2D eigenvalue weighted by Crippen LogP contribution is 2.26. The molecule has 2 aromatic carbocycles. The average Bonchev–Trinajstić information content (AvgIpc) is 3.07. The summed E-state index contributed by atoms with van der Waals surface area (Å²) in [5.41, 5.74) is 1.68. The Morgan fingerprint density at radius 1 is 0.783 bits per heavy atom. The largest absolute Gasteiger partial charge is 0.367 e. The van der Waals surface area contributed by atoms with E-state index in [1.54, 1.807) is 24.3 Å². The van der Waals surface area contributed by atoms with Gasteiger partial charge in [0, 0.05) is 18.9 Å². The van der Waals surface area contributed by atoms with Crippen LogP contribution in [0.3, 0.4) is 0 Å². The lowest BCUT2D eigenvalue weighted by atomic mass is 10.0. The molecule has 4 heteroatoms. The Morgan fingerprint density at radius 3 is 1.74 bits per heavy atom. The standard InChI is InChI=1S/C19H17F2NO/c20-17-7-3-15(4-8-17)19(16-5-9-18(21)10-6-16)23-14-13-22-11-1-2-12-22/h1-12,19H,13-14H2. The number of hydrogen-bond acceptors (Lipinski definition) is 1. The molecule has 0 spiro atoms. The first-order chi connectivity index (χ1) is 11.2.